The highest BCUT2D eigenvalue weighted by Crippen LogP contribution is 2.22. The van der Waals surface area contributed by atoms with Gasteiger partial charge in [-0.1, -0.05) is 23.7 Å². The van der Waals surface area contributed by atoms with Crippen molar-refractivity contribution in [2.45, 2.75) is 0 Å². The van der Waals surface area contributed by atoms with Gasteiger partial charge in [-0.15, -0.1) is 0 Å². The molecule has 21 heavy (non-hydrogen) atoms. The van der Waals surface area contributed by atoms with Gasteiger partial charge in [-0.05, 0) is 18.2 Å². The zero-order chi connectivity index (χ0) is 15.2. The Morgan fingerprint density at radius 1 is 1.38 bits per heavy atom. The van der Waals surface area contributed by atoms with Crippen LogP contribution in [0.15, 0.2) is 42.6 Å². The largest absolute Gasteiger partial charge is 0.490 e. The predicted octanol–water partition coefficient (Wildman–Crippen LogP) is 3.03. The van der Waals surface area contributed by atoms with Crippen molar-refractivity contribution >= 4 is 17.5 Å². The number of rotatable bonds is 5. The molecule has 0 atom stereocenters. The van der Waals surface area contributed by atoms with Crippen molar-refractivity contribution in [2.75, 3.05) is 20.2 Å². The van der Waals surface area contributed by atoms with Crippen LogP contribution in [0.2, 0.25) is 5.02 Å². The van der Waals surface area contributed by atoms with E-state index in [1.165, 1.54) is 17.2 Å². The lowest BCUT2D eigenvalue weighted by atomic mass is 10.2. The molecule has 1 heterocycles. The molecule has 110 valence electrons. The van der Waals surface area contributed by atoms with Crippen LogP contribution in [0.5, 0.6) is 5.75 Å². The summed E-state index contributed by atoms with van der Waals surface area (Å²) in [5.41, 5.74) is 0.253. The van der Waals surface area contributed by atoms with Gasteiger partial charge in [0.2, 0.25) is 5.95 Å². The number of nitrogens with zero attached hydrogens (tertiary/aromatic N) is 2. The summed E-state index contributed by atoms with van der Waals surface area (Å²) in [6.07, 6.45) is 1.26. The molecule has 1 aromatic carbocycles. The Hall–Kier alpha value is -2.14. The molecular formula is C15H14ClFN2O2. The molecule has 2 aromatic rings. The molecule has 0 bridgehead atoms. The number of carbonyl (C=O) groups is 1. The number of carbonyl (C=O) groups excluding carboxylic acids is 1. The minimum absolute atomic E-state index is 0.253. The van der Waals surface area contributed by atoms with Crippen LogP contribution in [0.25, 0.3) is 0 Å². The van der Waals surface area contributed by atoms with Crippen molar-refractivity contribution in [3.8, 4) is 5.75 Å². The van der Waals surface area contributed by atoms with Gasteiger partial charge in [0.1, 0.15) is 12.4 Å². The summed E-state index contributed by atoms with van der Waals surface area (Å²) >= 11 is 5.96. The molecule has 4 nitrogen and oxygen atoms in total. The van der Waals surface area contributed by atoms with E-state index in [0.29, 0.717) is 23.9 Å². The van der Waals surface area contributed by atoms with Crippen LogP contribution in [-0.4, -0.2) is 36.0 Å². The number of pyridine rings is 1. The molecule has 0 aliphatic rings. The number of hydrogen-bond acceptors (Lipinski definition) is 3. The fraction of sp³-hybridized carbons (Fsp3) is 0.200. The predicted molar refractivity (Wildman–Crippen MR) is 78.1 cm³/mol. The summed E-state index contributed by atoms with van der Waals surface area (Å²) in [4.78, 5) is 16.9. The molecule has 2 rings (SSSR count). The quantitative estimate of drug-likeness (QED) is 0.797. The van der Waals surface area contributed by atoms with Gasteiger partial charge in [-0.3, -0.25) is 4.79 Å². The third kappa shape index (κ3) is 4.16. The molecule has 0 aliphatic carbocycles. The maximum atomic E-state index is 13.0. The molecule has 0 saturated heterocycles. The van der Waals surface area contributed by atoms with E-state index >= 15 is 0 Å². The fourth-order valence-electron chi connectivity index (χ4n) is 1.71. The van der Waals surface area contributed by atoms with E-state index < -0.39 is 5.95 Å². The van der Waals surface area contributed by atoms with Crippen LogP contribution < -0.4 is 4.74 Å². The van der Waals surface area contributed by atoms with Gasteiger partial charge in [0.15, 0.2) is 0 Å². The highest BCUT2D eigenvalue weighted by Gasteiger charge is 2.12. The number of aromatic nitrogens is 1. The van der Waals surface area contributed by atoms with Gasteiger partial charge in [0.25, 0.3) is 5.91 Å². The SMILES string of the molecule is CN(CCOc1ccccc1Cl)C(=O)c1ccnc(F)c1. The Labute approximate surface area is 127 Å². The van der Waals surface area contributed by atoms with Crippen LogP contribution >= 0.6 is 11.6 Å². The Morgan fingerprint density at radius 2 is 2.14 bits per heavy atom. The molecule has 0 aliphatic heterocycles. The number of halogens is 2. The Kier molecular flexibility index (Phi) is 5.11. The van der Waals surface area contributed by atoms with Gasteiger partial charge >= 0.3 is 0 Å². The Balaban J connectivity index is 1.89. The van der Waals surface area contributed by atoms with Gasteiger partial charge in [0, 0.05) is 24.9 Å². The van der Waals surface area contributed by atoms with Gasteiger partial charge in [-0.2, -0.15) is 4.39 Å². The van der Waals surface area contributed by atoms with Gasteiger partial charge in [0.05, 0.1) is 11.6 Å². The molecule has 0 fully saturated rings. The van der Waals surface area contributed by atoms with E-state index in [-0.39, 0.29) is 11.5 Å². The van der Waals surface area contributed by atoms with E-state index in [1.807, 2.05) is 12.1 Å². The average Bonchev–Trinajstić information content (AvgIpc) is 2.48. The molecule has 0 spiro atoms. The number of likely N-dealkylation sites (N-methyl/N-ethyl adjacent to an activating group) is 1. The second-order valence-corrected chi connectivity index (χ2v) is 4.78. The normalized spacial score (nSPS) is 10.2. The molecule has 0 N–H and O–H groups in total. The second-order valence-electron chi connectivity index (χ2n) is 4.37. The second kappa shape index (κ2) is 7.04. The fourth-order valence-corrected chi connectivity index (χ4v) is 1.90. The summed E-state index contributed by atoms with van der Waals surface area (Å²) < 4.78 is 18.5. The molecule has 6 heteroatoms. The summed E-state index contributed by atoms with van der Waals surface area (Å²) in [5.74, 6) is -0.407. The van der Waals surface area contributed by atoms with Gasteiger partial charge in [-0.25, -0.2) is 4.98 Å². The number of para-hydroxylation sites is 1. The van der Waals surface area contributed by atoms with Crippen molar-refractivity contribution < 1.29 is 13.9 Å². The molecule has 0 saturated carbocycles. The van der Waals surface area contributed by atoms with E-state index in [2.05, 4.69) is 4.98 Å². The molecular weight excluding hydrogens is 295 g/mol. The lowest BCUT2D eigenvalue weighted by Crippen LogP contribution is -2.31. The Bertz CT molecular complexity index is 637. The summed E-state index contributed by atoms with van der Waals surface area (Å²) in [6, 6.07) is 9.68. The standard InChI is InChI=1S/C15H14ClFN2O2/c1-19(15(20)11-6-7-18-14(17)10-11)8-9-21-13-5-3-2-4-12(13)16/h2-7,10H,8-9H2,1H3. The maximum Gasteiger partial charge on any atom is 0.253 e. The molecule has 0 radical (unpaired) electrons. The minimum Gasteiger partial charge on any atom is -0.490 e. The van der Waals surface area contributed by atoms with Gasteiger partial charge < -0.3 is 9.64 Å². The highest BCUT2D eigenvalue weighted by molar-refractivity contribution is 6.32. The van der Waals surface area contributed by atoms with Crippen LogP contribution in [0.3, 0.4) is 0 Å². The van der Waals surface area contributed by atoms with Crippen LogP contribution in [0, 0.1) is 5.95 Å². The van der Waals surface area contributed by atoms with Crippen LogP contribution in [0.1, 0.15) is 10.4 Å². The topological polar surface area (TPSA) is 42.4 Å². The Morgan fingerprint density at radius 3 is 2.86 bits per heavy atom. The smallest absolute Gasteiger partial charge is 0.253 e. The van der Waals surface area contributed by atoms with Crippen molar-refractivity contribution in [2.24, 2.45) is 0 Å². The molecule has 1 amide bonds. The van der Waals surface area contributed by atoms with E-state index in [1.54, 1.807) is 19.2 Å². The lowest BCUT2D eigenvalue weighted by Gasteiger charge is -2.17. The molecule has 0 unspecified atom stereocenters. The van der Waals surface area contributed by atoms with E-state index in [4.69, 9.17) is 16.3 Å². The minimum atomic E-state index is -0.679. The summed E-state index contributed by atoms with van der Waals surface area (Å²) in [6.45, 7) is 0.646. The van der Waals surface area contributed by atoms with Crippen molar-refractivity contribution in [1.29, 1.82) is 0 Å². The third-order valence-corrected chi connectivity index (χ3v) is 3.15. The zero-order valence-electron chi connectivity index (χ0n) is 11.4. The van der Waals surface area contributed by atoms with Crippen molar-refractivity contribution in [1.82, 2.24) is 9.88 Å². The number of hydrogen-bond donors (Lipinski definition) is 0. The van der Waals surface area contributed by atoms with E-state index in [9.17, 15) is 9.18 Å². The van der Waals surface area contributed by atoms with Crippen LogP contribution in [-0.2, 0) is 0 Å². The first-order chi connectivity index (χ1) is 10.1. The highest BCUT2D eigenvalue weighted by atomic mass is 35.5. The number of benzene rings is 1. The number of ether oxygens (including phenoxy) is 1. The first-order valence-electron chi connectivity index (χ1n) is 6.32. The average molecular weight is 309 g/mol. The number of amides is 1. The van der Waals surface area contributed by atoms with E-state index in [0.717, 1.165) is 6.07 Å². The third-order valence-electron chi connectivity index (χ3n) is 2.84. The molecule has 1 aromatic heterocycles. The van der Waals surface area contributed by atoms with Crippen molar-refractivity contribution in [3.63, 3.8) is 0 Å². The maximum absolute atomic E-state index is 13.0. The van der Waals surface area contributed by atoms with Crippen molar-refractivity contribution in [3.05, 3.63) is 59.1 Å². The summed E-state index contributed by atoms with van der Waals surface area (Å²) in [7, 11) is 1.62. The monoisotopic (exact) mass is 308 g/mol. The lowest BCUT2D eigenvalue weighted by molar-refractivity contribution is 0.0773. The first kappa shape index (κ1) is 15.3. The van der Waals surface area contributed by atoms with Crippen LogP contribution in [0.4, 0.5) is 4.39 Å². The summed E-state index contributed by atoms with van der Waals surface area (Å²) in [5, 5.41) is 0.516. The first-order valence-corrected chi connectivity index (χ1v) is 6.70. The zero-order valence-corrected chi connectivity index (χ0v) is 12.2.